The number of nitrogens with zero attached hydrogens (tertiary/aromatic N) is 3. The number of fused-ring (bicyclic) bond motifs is 1. The van der Waals surface area contributed by atoms with Crippen LogP contribution in [0, 0.1) is 20.2 Å². The highest BCUT2D eigenvalue weighted by molar-refractivity contribution is 5.77. The molecule has 7 nitrogen and oxygen atoms in total. The van der Waals surface area contributed by atoms with Gasteiger partial charge in [0.1, 0.15) is 5.69 Å². The number of benzene rings is 1. The van der Waals surface area contributed by atoms with Crippen LogP contribution in [0.1, 0.15) is 18.9 Å². The molecule has 2 rings (SSSR count). The SMILES string of the molecule is CCN1CCCc2ccc([N+](=O)[O-])c([N+](=O)[O-])c21. The van der Waals surface area contributed by atoms with Crippen LogP contribution in [0.5, 0.6) is 0 Å². The molecule has 0 saturated heterocycles. The summed E-state index contributed by atoms with van der Waals surface area (Å²) in [5.74, 6) is 0. The second-order valence-electron chi connectivity index (χ2n) is 4.14. The van der Waals surface area contributed by atoms with Gasteiger partial charge in [0.2, 0.25) is 0 Å². The van der Waals surface area contributed by atoms with Gasteiger partial charge in [0.15, 0.2) is 0 Å². The van der Waals surface area contributed by atoms with Crippen molar-refractivity contribution in [2.75, 3.05) is 18.0 Å². The molecule has 1 aromatic carbocycles. The van der Waals surface area contributed by atoms with Crippen molar-refractivity contribution in [2.24, 2.45) is 0 Å². The third kappa shape index (κ3) is 1.87. The maximum absolute atomic E-state index is 11.1. The fourth-order valence-electron chi connectivity index (χ4n) is 2.38. The van der Waals surface area contributed by atoms with E-state index in [1.54, 1.807) is 6.07 Å². The van der Waals surface area contributed by atoms with Crippen molar-refractivity contribution in [3.05, 3.63) is 37.9 Å². The van der Waals surface area contributed by atoms with Crippen LogP contribution in [0.2, 0.25) is 0 Å². The number of nitro groups is 2. The Morgan fingerprint density at radius 3 is 2.56 bits per heavy atom. The summed E-state index contributed by atoms with van der Waals surface area (Å²) in [6.07, 6.45) is 1.64. The quantitative estimate of drug-likeness (QED) is 0.607. The molecule has 7 heteroatoms. The zero-order valence-corrected chi connectivity index (χ0v) is 9.96. The lowest BCUT2D eigenvalue weighted by atomic mass is 9.99. The Morgan fingerprint density at radius 2 is 2.00 bits per heavy atom. The van der Waals surface area contributed by atoms with Crippen molar-refractivity contribution in [3.63, 3.8) is 0 Å². The van der Waals surface area contributed by atoms with E-state index in [1.165, 1.54) is 6.07 Å². The van der Waals surface area contributed by atoms with E-state index in [-0.39, 0.29) is 5.69 Å². The Bertz CT molecular complexity index is 515. The molecule has 0 aromatic heterocycles. The summed E-state index contributed by atoms with van der Waals surface area (Å²) < 4.78 is 0. The topological polar surface area (TPSA) is 89.5 Å². The lowest BCUT2D eigenvalue weighted by molar-refractivity contribution is -0.422. The highest BCUT2D eigenvalue weighted by Gasteiger charge is 2.34. The predicted octanol–water partition coefficient (Wildman–Crippen LogP) is 2.28. The first-order valence-electron chi connectivity index (χ1n) is 5.75. The van der Waals surface area contributed by atoms with E-state index >= 15 is 0 Å². The Balaban J connectivity index is 2.70. The summed E-state index contributed by atoms with van der Waals surface area (Å²) in [4.78, 5) is 22.5. The van der Waals surface area contributed by atoms with Gasteiger partial charge in [-0.25, -0.2) is 0 Å². The minimum Gasteiger partial charge on any atom is -0.366 e. The number of anilines is 1. The van der Waals surface area contributed by atoms with Gasteiger partial charge < -0.3 is 4.90 Å². The molecule has 0 spiro atoms. The lowest BCUT2D eigenvalue weighted by Crippen LogP contribution is -2.30. The zero-order valence-electron chi connectivity index (χ0n) is 9.96. The normalized spacial score (nSPS) is 14.2. The molecule has 18 heavy (non-hydrogen) atoms. The minimum atomic E-state index is -0.694. The number of hydrogen-bond acceptors (Lipinski definition) is 5. The maximum atomic E-state index is 11.1. The molecule has 0 atom stereocenters. The van der Waals surface area contributed by atoms with Crippen LogP contribution in [0.3, 0.4) is 0 Å². The van der Waals surface area contributed by atoms with E-state index in [0.717, 1.165) is 18.4 Å². The van der Waals surface area contributed by atoms with Crippen LogP contribution in [-0.4, -0.2) is 22.9 Å². The van der Waals surface area contributed by atoms with Crippen LogP contribution in [0.4, 0.5) is 17.1 Å². The second-order valence-corrected chi connectivity index (χ2v) is 4.14. The first-order valence-corrected chi connectivity index (χ1v) is 5.75. The van der Waals surface area contributed by atoms with Crippen molar-refractivity contribution in [2.45, 2.75) is 19.8 Å². The van der Waals surface area contributed by atoms with Gasteiger partial charge in [0.25, 0.3) is 0 Å². The van der Waals surface area contributed by atoms with Crippen molar-refractivity contribution in [3.8, 4) is 0 Å². The van der Waals surface area contributed by atoms with E-state index in [0.29, 0.717) is 18.8 Å². The largest absolute Gasteiger partial charge is 0.369 e. The summed E-state index contributed by atoms with van der Waals surface area (Å²) >= 11 is 0. The molecule has 96 valence electrons. The van der Waals surface area contributed by atoms with E-state index in [4.69, 9.17) is 0 Å². The average molecular weight is 251 g/mol. The fraction of sp³-hybridized carbons (Fsp3) is 0.455. The van der Waals surface area contributed by atoms with E-state index in [9.17, 15) is 20.2 Å². The highest BCUT2D eigenvalue weighted by atomic mass is 16.6. The molecule has 0 fully saturated rings. The van der Waals surface area contributed by atoms with Crippen molar-refractivity contribution >= 4 is 17.1 Å². The summed E-state index contributed by atoms with van der Waals surface area (Å²) in [6.45, 7) is 3.19. The molecular formula is C11H13N3O4. The van der Waals surface area contributed by atoms with Crippen LogP contribution in [-0.2, 0) is 6.42 Å². The molecule has 1 aromatic rings. The van der Waals surface area contributed by atoms with Crippen LogP contribution in [0.15, 0.2) is 12.1 Å². The molecule has 0 N–H and O–H groups in total. The number of aryl methyl sites for hydroxylation is 1. The first-order chi connectivity index (χ1) is 8.56. The third-order valence-electron chi connectivity index (χ3n) is 3.16. The van der Waals surface area contributed by atoms with Gasteiger partial charge >= 0.3 is 11.4 Å². The van der Waals surface area contributed by atoms with Crippen LogP contribution >= 0.6 is 0 Å². The Hall–Kier alpha value is -2.18. The van der Waals surface area contributed by atoms with Crippen LogP contribution < -0.4 is 4.90 Å². The van der Waals surface area contributed by atoms with Gasteiger partial charge in [-0.15, -0.1) is 0 Å². The smallest absolute Gasteiger partial charge is 0.366 e. The van der Waals surface area contributed by atoms with E-state index in [2.05, 4.69) is 0 Å². The third-order valence-corrected chi connectivity index (χ3v) is 3.16. The van der Waals surface area contributed by atoms with Gasteiger partial charge in [-0.3, -0.25) is 20.2 Å². The van der Waals surface area contributed by atoms with Gasteiger partial charge in [-0.2, -0.15) is 0 Å². The summed E-state index contributed by atoms with van der Waals surface area (Å²) in [6, 6.07) is 2.86. The summed E-state index contributed by atoms with van der Waals surface area (Å²) in [5, 5.41) is 22.0. The number of hydrogen-bond donors (Lipinski definition) is 0. The number of rotatable bonds is 3. The predicted molar refractivity (Wildman–Crippen MR) is 66.0 cm³/mol. The molecule has 0 amide bonds. The monoisotopic (exact) mass is 251 g/mol. The van der Waals surface area contributed by atoms with Crippen LogP contribution in [0.25, 0.3) is 0 Å². The van der Waals surface area contributed by atoms with Gasteiger partial charge in [0, 0.05) is 19.2 Å². The number of nitro benzene ring substituents is 2. The van der Waals surface area contributed by atoms with Crippen molar-refractivity contribution in [1.82, 2.24) is 0 Å². The second kappa shape index (κ2) is 4.59. The standard InChI is InChI=1S/C11H13N3O4/c1-2-12-7-3-4-8-5-6-9(13(15)16)11(10(8)12)14(17)18/h5-6H,2-4,7H2,1H3. The van der Waals surface area contributed by atoms with Crippen molar-refractivity contribution in [1.29, 1.82) is 0 Å². The molecule has 0 radical (unpaired) electrons. The molecule has 0 saturated carbocycles. The molecule has 0 unspecified atom stereocenters. The summed E-state index contributed by atoms with van der Waals surface area (Å²) in [7, 11) is 0. The lowest BCUT2D eigenvalue weighted by Gasteiger charge is -2.29. The first kappa shape index (κ1) is 12.3. The van der Waals surface area contributed by atoms with Crippen molar-refractivity contribution < 1.29 is 9.85 Å². The average Bonchev–Trinajstić information content (AvgIpc) is 2.36. The minimum absolute atomic E-state index is 0.376. The van der Waals surface area contributed by atoms with E-state index < -0.39 is 15.5 Å². The van der Waals surface area contributed by atoms with E-state index in [1.807, 2.05) is 11.8 Å². The molecule has 0 aliphatic carbocycles. The maximum Gasteiger partial charge on any atom is 0.369 e. The molecule has 1 heterocycles. The van der Waals surface area contributed by atoms with Gasteiger partial charge in [-0.05, 0) is 31.4 Å². The molecule has 1 aliphatic heterocycles. The summed E-state index contributed by atoms with van der Waals surface area (Å²) in [5.41, 5.74) is 0.432. The van der Waals surface area contributed by atoms with Gasteiger partial charge in [0.05, 0.1) is 9.85 Å². The fourth-order valence-corrected chi connectivity index (χ4v) is 2.38. The Labute approximate surface area is 103 Å². The Morgan fingerprint density at radius 1 is 1.28 bits per heavy atom. The Kier molecular flexibility index (Phi) is 3.14. The molecule has 1 aliphatic rings. The zero-order chi connectivity index (χ0) is 13.3. The molecule has 0 bridgehead atoms. The molecular weight excluding hydrogens is 238 g/mol. The van der Waals surface area contributed by atoms with Gasteiger partial charge in [-0.1, -0.05) is 0 Å². The highest BCUT2D eigenvalue weighted by Crippen LogP contribution is 2.42.